The first kappa shape index (κ1) is 30.5. The lowest BCUT2D eigenvalue weighted by atomic mass is 10.1. The van der Waals surface area contributed by atoms with E-state index in [1.165, 1.54) is 3.97 Å². The number of nitrogens with zero attached hydrogens (tertiary/aromatic N) is 5. The van der Waals surface area contributed by atoms with Gasteiger partial charge in [0.05, 0.1) is 47.1 Å². The Morgan fingerprint density at radius 3 is 2.50 bits per heavy atom. The van der Waals surface area contributed by atoms with Gasteiger partial charge in [-0.1, -0.05) is 11.6 Å². The summed E-state index contributed by atoms with van der Waals surface area (Å²) in [4.78, 5) is 14.0. The normalized spacial score (nSPS) is 16.9. The summed E-state index contributed by atoms with van der Waals surface area (Å²) in [6, 6.07) is 9.72. The molecule has 4 aromatic rings. The van der Waals surface area contributed by atoms with Crippen LogP contribution < -0.4 is 19.7 Å². The third kappa shape index (κ3) is 6.31. The number of aryl methyl sites for hydroxylation is 1. The number of hydrogen-bond donors (Lipinski definition) is 1. The molecule has 0 aliphatic carbocycles. The van der Waals surface area contributed by atoms with Crippen LogP contribution >= 0.6 is 11.6 Å². The molecular weight excluding hydrogens is 600 g/mol. The summed E-state index contributed by atoms with van der Waals surface area (Å²) in [5.41, 5.74) is 4.52. The van der Waals surface area contributed by atoms with Crippen LogP contribution in [0.3, 0.4) is 0 Å². The van der Waals surface area contributed by atoms with Gasteiger partial charge in [0.25, 0.3) is 0 Å². The average molecular weight is 639 g/mol. The van der Waals surface area contributed by atoms with E-state index >= 15 is 0 Å². The molecule has 1 fully saturated rings. The Kier molecular flexibility index (Phi) is 8.89. The largest absolute Gasteiger partial charge is 0.494 e. The number of aromatic nitrogens is 3. The van der Waals surface area contributed by atoms with Crippen LogP contribution in [-0.2, 0) is 10.0 Å². The number of rotatable bonds is 3. The summed E-state index contributed by atoms with van der Waals surface area (Å²) in [6.45, 7) is 8.72. The number of likely N-dealkylation sites (N-methyl/N-ethyl adjacent to an activating group) is 1. The molecule has 0 saturated carbocycles. The lowest BCUT2D eigenvalue weighted by molar-refractivity contribution is 0.285. The van der Waals surface area contributed by atoms with Crippen molar-refractivity contribution in [3.63, 3.8) is 0 Å². The van der Waals surface area contributed by atoms with Gasteiger partial charge < -0.3 is 24.6 Å². The second kappa shape index (κ2) is 12.8. The van der Waals surface area contributed by atoms with Crippen LogP contribution in [-0.4, -0.2) is 79.5 Å². The van der Waals surface area contributed by atoms with Gasteiger partial charge >= 0.3 is 0 Å². The van der Waals surface area contributed by atoms with Gasteiger partial charge in [-0.3, -0.25) is 0 Å². The second-order valence-corrected chi connectivity index (χ2v) is 14.0. The van der Waals surface area contributed by atoms with Crippen LogP contribution in [0.1, 0.15) is 38.2 Å². The molecule has 2 aromatic carbocycles. The van der Waals surface area contributed by atoms with E-state index in [9.17, 15) is 8.42 Å². The summed E-state index contributed by atoms with van der Waals surface area (Å²) < 4.78 is 40.1. The molecule has 8 bridgehead atoms. The van der Waals surface area contributed by atoms with Crippen LogP contribution in [0.5, 0.6) is 11.5 Å². The highest BCUT2D eigenvalue weighted by atomic mass is 35.5. The highest BCUT2D eigenvalue weighted by Crippen LogP contribution is 2.39. The molecule has 234 valence electrons. The smallest absolute Gasteiger partial charge is 0.238 e. The first-order valence-corrected chi connectivity index (χ1v) is 17.2. The summed E-state index contributed by atoms with van der Waals surface area (Å²) in [6.07, 6.45) is 6.98. The number of halogens is 1. The highest BCUT2D eigenvalue weighted by molar-refractivity contribution is 7.90. The predicted octanol–water partition coefficient (Wildman–Crippen LogP) is 6.08. The molecular formula is C32H39ClN6O4S. The Morgan fingerprint density at radius 1 is 1.00 bits per heavy atom. The van der Waals surface area contributed by atoms with Crippen molar-refractivity contribution >= 4 is 49.9 Å². The van der Waals surface area contributed by atoms with E-state index in [4.69, 9.17) is 26.1 Å². The Labute approximate surface area is 264 Å². The van der Waals surface area contributed by atoms with Gasteiger partial charge in [-0.05, 0) is 70.3 Å². The molecule has 1 N–H and O–H groups in total. The predicted molar refractivity (Wildman–Crippen MR) is 176 cm³/mol. The minimum absolute atomic E-state index is 0.0561. The number of piperazine rings is 1. The summed E-state index contributed by atoms with van der Waals surface area (Å²) in [5, 5.41) is 4.40. The molecule has 12 heteroatoms. The average Bonchev–Trinajstić information content (AvgIpc) is 3.40. The minimum atomic E-state index is -3.61. The quantitative estimate of drug-likeness (QED) is 0.286. The molecule has 44 heavy (non-hydrogen) atoms. The fraction of sp³-hybridized carbons (Fsp3) is 0.438. The highest BCUT2D eigenvalue weighted by Gasteiger charge is 2.23. The molecule has 0 radical (unpaired) electrons. The van der Waals surface area contributed by atoms with Crippen LogP contribution in [0.25, 0.3) is 22.2 Å². The van der Waals surface area contributed by atoms with E-state index in [2.05, 4.69) is 40.1 Å². The maximum atomic E-state index is 13.2. The monoisotopic (exact) mass is 638 g/mol. The zero-order valence-corrected chi connectivity index (χ0v) is 27.0. The maximum absolute atomic E-state index is 13.2. The van der Waals surface area contributed by atoms with Crippen molar-refractivity contribution in [2.75, 3.05) is 62.4 Å². The van der Waals surface area contributed by atoms with Gasteiger partial charge in [0, 0.05) is 61.1 Å². The van der Waals surface area contributed by atoms with E-state index in [0.717, 1.165) is 74.6 Å². The molecule has 10 nitrogen and oxygen atoms in total. The molecule has 5 heterocycles. The van der Waals surface area contributed by atoms with Crippen molar-refractivity contribution in [3.05, 3.63) is 53.3 Å². The SMILES string of the molecule is CCS(=O)(=O)n1cc2c3ccc(cc31)OCCCCCCOc1cc(c(C)cc1N1CCN(C)CC1)Nc1ncc(Cl)c-2n1. The summed E-state index contributed by atoms with van der Waals surface area (Å²) in [7, 11) is -1.46. The lowest BCUT2D eigenvalue weighted by Gasteiger charge is -2.35. The number of ether oxygens (including phenoxy) is 2. The van der Waals surface area contributed by atoms with E-state index in [1.807, 2.05) is 18.2 Å². The molecule has 0 unspecified atom stereocenters. The van der Waals surface area contributed by atoms with E-state index in [1.54, 1.807) is 25.4 Å². The molecule has 3 aliphatic heterocycles. The molecule has 2 aromatic heterocycles. The van der Waals surface area contributed by atoms with Gasteiger partial charge in [-0.25, -0.2) is 22.4 Å². The number of hydrogen-bond acceptors (Lipinski definition) is 9. The van der Waals surface area contributed by atoms with Gasteiger partial charge in [0.15, 0.2) is 0 Å². The number of fused-ring (bicyclic) bond motifs is 8. The fourth-order valence-corrected chi connectivity index (χ4v) is 6.90. The second-order valence-electron chi connectivity index (χ2n) is 11.5. The standard InChI is InChI=1S/C32H39ClN6O4S/c1-4-44(40,41)39-21-25-24-10-9-23(18-28(24)39)42-15-7-5-6-8-16-43-30-19-27(35-32-34-20-26(33)31(25)36-32)22(2)17-29(30)38-13-11-37(3)12-14-38/h9-10,17-21H,4-8,11-16H2,1-3H3,(H,34,35,36). The molecule has 0 amide bonds. The lowest BCUT2D eigenvalue weighted by Crippen LogP contribution is -2.44. The van der Waals surface area contributed by atoms with Crippen LogP contribution in [0.2, 0.25) is 5.02 Å². The minimum Gasteiger partial charge on any atom is -0.494 e. The Hall–Kier alpha value is -3.54. The van der Waals surface area contributed by atoms with Gasteiger partial charge in [-0.15, -0.1) is 0 Å². The number of anilines is 3. The number of benzene rings is 2. The molecule has 3 aliphatic rings. The first-order valence-electron chi connectivity index (χ1n) is 15.3. The van der Waals surface area contributed by atoms with Crippen molar-refractivity contribution in [2.24, 2.45) is 0 Å². The number of nitrogens with one attached hydrogen (secondary N) is 1. The zero-order valence-electron chi connectivity index (χ0n) is 25.5. The third-order valence-corrected chi connectivity index (χ3v) is 10.3. The van der Waals surface area contributed by atoms with Crippen LogP contribution in [0, 0.1) is 6.92 Å². The van der Waals surface area contributed by atoms with Gasteiger partial charge in [0.2, 0.25) is 16.0 Å². The Morgan fingerprint density at radius 2 is 1.75 bits per heavy atom. The summed E-state index contributed by atoms with van der Waals surface area (Å²) in [5.74, 6) is 1.74. The fourth-order valence-electron chi connectivity index (χ4n) is 5.71. The van der Waals surface area contributed by atoms with Crippen molar-refractivity contribution < 1.29 is 17.9 Å². The maximum Gasteiger partial charge on any atom is 0.238 e. The van der Waals surface area contributed by atoms with E-state index < -0.39 is 10.0 Å². The van der Waals surface area contributed by atoms with Gasteiger partial charge in [0.1, 0.15) is 11.5 Å². The molecule has 1 saturated heterocycles. The van der Waals surface area contributed by atoms with Crippen molar-refractivity contribution in [1.29, 1.82) is 0 Å². The van der Waals surface area contributed by atoms with Crippen molar-refractivity contribution in [2.45, 2.75) is 39.5 Å². The zero-order chi connectivity index (χ0) is 30.8. The first-order chi connectivity index (χ1) is 21.2. The summed E-state index contributed by atoms with van der Waals surface area (Å²) >= 11 is 6.66. The topological polar surface area (TPSA) is 102 Å². The van der Waals surface area contributed by atoms with Crippen molar-refractivity contribution in [1.82, 2.24) is 18.8 Å². The molecule has 0 spiro atoms. The Bertz CT molecular complexity index is 1770. The van der Waals surface area contributed by atoms with Crippen LogP contribution in [0.4, 0.5) is 17.3 Å². The van der Waals surface area contributed by atoms with Crippen molar-refractivity contribution in [3.8, 4) is 22.8 Å². The van der Waals surface area contributed by atoms with E-state index in [-0.39, 0.29) is 5.75 Å². The Balaban J connectivity index is 1.44. The molecule has 7 rings (SSSR count). The third-order valence-electron chi connectivity index (χ3n) is 8.37. The molecule has 0 atom stereocenters. The van der Waals surface area contributed by atoms with Gasteiger partial charge in [-0.2, -0.15) is 0 Å². The van der Waals surface area contributed by atoms with Crippen LogP contribution in [0.15, 0.2) is 42.7 Å². The van der Waals surface area contributed by atoms with E-state index in [0.29, 0.717) is 52.1 Å².